The first-order chi connectivity index (χ1) is 13.8. The van der Waals surface area contributed by atoms with E-state index in [1.807, 2.05) is 62.4 Å². The molecule has 0 saturated heterocycles. The Balaban J connectivity index is 2.64. The van der Waals surface area contributed by atoms with E-state index in [-0.39, 0.29) is 0 Å². The highest BCUT2D eigenvalue weighted by Gasteiger charge is 2.10. The predicted octanol–water partition coefficient (Wildman–Crippen LogP) is 6.08. The fourth-order valence-corrected chi connectivity index (χ4v) is 3.01. The summed E-state index contributed by atoms with van der Waals surface area (Å²) in [6.07, 6.45) is 9.71. The second kappa shape index (κ2) is 9.56. The van der Waals surface area contributed by atoms with Gasteiger partial charge in [-0.25, -0.2) is 0 Å². The third kappa shape index (κ3) is 5.02. The fourth-order valence-electron chi connectivity index (χ4n) is 3.01. The molecule has 0 saturated carbocycles. The summed E-state index contributed by atoms with van der Waals surface area (Å²) < 4.78 is 0. The molecule has 0 spiro atoms. The summed E-state index contributed by atoms with van der Waals surface area (Å²) in [5.41, 5.74) is 5.31. The number of aromatic hydroxyl groups is 2. The molecule has 0 atom stereocenters. The van der Waals surface area contributed by atoms with Gasteiger partial charge >= 0.3 is 0 Å². The van der Waals surface area contributed by atoms with Crippen molar-refractivity contribution in [3.63, 3.8) is 0 Å². The van der Waals surface area contributed by atoms with Crippen molar-refractivity contribution in [2.75, 3.05) is 0 Å². The number of benzene rings is 1. The summed E-state index contributed by atoms with van der Waals surface area (Å²) in [6, 6.07) is 10.5. The molecule has 0 unspecified atom stereocenters. The van der Waals surface area contributed by atoms with E-state index in [0.29, 0.717) is 11.1 Å². The van der Waals surface area contributed by atoms with Gasteiger partial charge in [-0.3, -0.25) is 4.79 Å². The number of hydrogen-bond acceptors (Lipinski definition) is 3. The van der Waals surface area contributed by atoms with Gasteiger partial charge in [0, 0.05) is 0 Å². The molecule has 0 aromatic heterocycles. The van der Waals surface area contributed by atoms with Crippen LogP contribution in [0.25, 0.3) is 16.7 Å². The molecule has 0 fully saturated rings. The third-order valence-corrected chi connectivity index (χ3v) is 4.62. The van der Waals surface area contributed by atoms with E-state index < -0.39 is 16.9 Å². The summed E-state index contributed by atoms with van der Waals surface area (Å²) in [5.74, 6) is -1.08. The minimum atomic E-state index is -0.647. The van der Waals surface area contributed by atoms with Crippen molar-refractivity contribution in [2.24, 2.45) is 0 Å². The molecule has 0 amide bonds. The van der Waals surface area contributed by atoms with Crippen LogP contribution in [-0.2, 0) is 0 Å². The summed E-state index contributed by atoms with van der Waals surface area (Å²) >= 11 is 0. The van der Waals surface area contributed by atoms with Crippen LogP contribution in [0, 0.1) is 6.92 Å². The second-order valence-corrected chi connectivity index (χ2v) is 6.64. The number of allylic oxidation sites excluding steroid dienone is 8. The molecule has 2 aromatic carbocycles. The van der Waals surface area contributed by atoms with Crippen molar-refractivity contribution in [1.82, 2.24) is 0 Å². The molecule has 29 heavy (non-hydrogen) atoms. The summed E-state index contributed by atoms with van der Waals surface area (Å²) in [7, 11) is 0. The van der Waals surface area contributed by atoms with Crippen molar-refractivity contribution in [2.45, 2.75) is 20.8 Å². The van der Waals surface area contributed by atoms with Gasteiger partial charge in [-0.1, -0.05) is 55.7 Å². The highest BCUT2D eigenvalue weighted by atomic mass is 16.3. The van der Waals surface area contributed by atoms with E-state index in [4.69, 9.17) is 0 Å². The Labute approximate surface area is 172 Å². The van der Waals surface area contributed by atoms with Crippen LogP contribution in [0.4, 0.5) is 0 Å². The average molecular weight is 386 g/mol. The van der Waals surface area contributed by atoms with Crippen LogP contribution >= 0.6 is 0 Å². The van der Waals surface area contributed by atoms with Gasteiger partial charge in [0.1, 0.15) is 0 Å². The Kier molecular flexibility index (Phi) is 7.15. The van der Waals surface area contributed by atoms with Crippen molar-refractivity contribution in [3.05, 3.63) is 112 Å². The van der Waals surface area contributed by atoms with E-state index in [1.54, 1.807) is 13.0 Å². The largest absolute Gasteiger partial charge is 0.504 e. The SMILES string of the molecule is C=CC(=C)C(/C=C\C)=C\C(=C/C)c1cccc(-c2cc(O)c(O)c(=O)cc2C)c1. The van der Waals surface area contributed by atoms with Gasteiger partial charge in [-0.05, 0) is 84.0 Å². The van der Waals surface area contributed by atoms with Gasteiger partial charge in [0.2, 0.25) is 11.2 Å². The Bertz CT molecular complexity index is 1100. The zero-order valence-corrected chi connectivity index (χ0v) is 17.1. The Morgan fingerprint density at radius 2 is 1.83 bits per heavy atom. The Morgan fingerprint density at radius 3 is 2.45 bits per heavy atom. The Morgan fingerprint density at radius 1 is 1.10 bits per heavy atom. The van der Waals surface area contributed by atoms with Crippen molar-refractivity contribution in [1.29, 1.82) is 0 Å². The molecule has 0 aliphatic carbocycles. The smallest absolute Gasteiger partial charge is 0.224 e. The summed E-state index contributed by atoms with van der Waals surface area (Å²) in [5, 5.41) is 19.8. The van der Waals surface area contributed by atoms with Crippen LogP contribution in [0.1, 0.15) is 25.0 Å². The van der Waals surface area contributed by atoms with E-state index in [0.717, 1.165) is 27.8 Å². The zero-order valence-electron chi connectivity index (χ0n) is 17.1. The maximum Gasteiger partial charge on any atom is 0.224 e. The fraction of sp³-hybridized carbons (Fsp3) is 0.115. The maximum atomic E-state index is 11.9. The van der Waals surface area contributed by atoms with Crippen LogP contribution < -0.4 is 5.43 Å². The molecule has 3 nitrogen and oxygen atoms in total. The molecule has 2 rings (SSSR count). The van der Waals surface area contributed by atoms with E-state index in [2.05, 4.69) is 13.2 Å². The first-order valence-corrected chi connectivity index (χ1v) is 9.32. The van der Waals surface area contributed by atoms with E-state index in [1.165, 1.54) is 12.1 Å². The molecule has 0 bridgehead atoms. The van der Waals surface area contributed by atoms with Crippen molar-refractivity contribution in [3.8, 4) is 22.6 Å². The highest BCUT2D eigenvalue weighted by Crippen LogP contribution is 2.31. The molecule has 148 valence electrons. The normalized spacial score (nSPS) is 12.2. The predicted molar refractivity (Wildman–Crippen MR) is 122 cm³/mol. The van der Waals surface area contributed by atoms with Crippen LogP contribution in [0.15, 0.2) is 95.9 Å². The standard InChI is InChI=1S/C26H26O3/c1-6-10-20(17(4)7-2)14-19(8-3)21-11-9-12-22(15-21)23-16-25(28)26(29)24(27)13-18(23)5/h6-16H,2,4H2,1,3,5H3,(H2,27,28,29)/b10-6-,19-8+,20-14-. The van der Waals surface area contributed by atoms with Crippen molar-refractivity contribution < 1.29 is 10.2 Å². The first kappa shape index (κ1) is 21.7. The zero-order chi connectivity index (χ0) is 21.6. The molecule has 3 heteroatoms. The molecule has 0 aliphatic rings. The minimum Gasteiger partial charge on any atom is -0.504 e. The second-order valence-electron chi connectivity index (χ2n) is 6.64. The summed E-state index contributed by atoms with van der Waals surface area (Å²) in [4.78, 5) is 11.9. The van der Waals surface area contributed by atoms with Crippen LogP contribution in [-0.4, -0.2) is 10.2 Å². The molecule has 0 radical (unpaired) electrons. The lowest BCUT2D eigenvalue weighted by atomic mass is 9.95. The molecular formula is C26H26O3. The molecule has 0 aliphatic heterocycles. The van der Waals surface area contributed by atoms with Crippen molar-refractivity contribution >= 4 is 5.57 Å². The maximum absolute atomic E-state index is 11.9. The average Bonchev–Trinajstić information content (AvgIpc) is 2.82. The van der Waals surface area contributed by atoms with Gasteiger partial charge in [0.25, 0.3) is 0 Å². The molecule has 2 aromatic rings. The quantitative estimate of drug-likeness (QED) is 0.591. The van der Waals surface area contributed by atoms with Crippen LogP contribution in [0.3, 0.4) is 0 Å². The minimum absolute atomic E-state index is 0.438. The lowest BCUT2D eigenvalue weighted by Gasteiger charge is -2.10. The van der Waals surface area contributed by atoms with Crippen LogP contribution in [0.2, 0.25) is 0 Å². The van der Waals surface area contributed by atoms with Gasteiger partial charge < -0.3 is 10.2 Å². The molecule has 2 N–H and O–H groups in total. The molecular weight excluding hydrogens is 360 g/mol. The highest BCUT2D eigenvalue weighted by molar-refractivity contribution is 5.80. The number of hydrogen-bond donors (Lipinski definition) is 2. The first-order valence-electron chi connectivity index (χ1n) is 9.32. The van der Waals surface area contributed by atoms with Gasteiger partial charge in [-0.2, -0.15) is 0 Å². The van der Waals surface area contributed by atoms with Gasteiger partial charge in [0.15, 0.2) is 5.75 Å². The van der Waals surface area contributed by atoms with E-state index in [9.17, 15) is 15.0 Å². The molecule has 0 heterocycles. The Hall–Kier alpha value is -3.59. The summed E-state index contributed by atoms with van der Waals surface area (Å²) in [6.45, 7) is 13.5. The van der Waals surface area contributed by atoms with E-state index >= 15 is 0 Å². The monoisotopic (exact) mass is 386 g/mol. The topological polar surface area (TPSA) is 57.5 Å². The lowest BCUT2D eigenvalue weighted by Crippen LogP contribution is -1.94. The van der Waals surface area contributed by atoms with Crippen LogP contribution in [0.5, 0.6) is 11.5 Å². The number of aryl methyl sites for hydroxylation is 1. The van der Waals surface area contributed by atoms with Gasteiger partial charge in [-0.15, -0.1) is 0 Å². The third-order valence-electron chi connectivity index (χ3n) is 4.62. The lowest BCUT2D eigenvalue weighted by molar-refractivity contribution is 0.402. The number of rotatable bonds is 6. The van der Waals surface area contributed by atoms with Gasteiger partial charge in [0.05, 0.1) is 0 Å².